The minimum atomic E-state index is -3.48. The van der Waals surface area contributed by atoms with Gasteiger partial charge in [0.25, 0.3) is 0 Å². The molecule has 0 aromatic carbocycles. The van der Waals surface area contributed by atoms with Gasteiger partial charge in [-0.2, -0.15) is 0 Å². The number of sulfonamides is 1. The highest BCUT2D eigenvalue weighted by atomic mass is 32.2. The molecule has 1 aliphatic rings. The maximum atomic E-state index is 11.8. The third kappa shape index (κ3) is 7.66. The van der Waals surface area contributed by atoms with E-state index in [0.717, 1.165) is 6.54 Å². The molecule has 0 saturated heterocycles. The van der Waals surface area contributed by atoms with Crippen LogP contribution in [0.15, 0.2) is 0 Å². The molecule has 0 heterocycles. The van der Waals surface area contributed by atoms with Crippen molar-refractivity contribution in [2.45, 2.75) is 25.7 Å². The molecular weight excluding hydrogens is 282 g/mol. The van der Waals surface area contributed by atoms with Crippen molar-refractivity contribution in [1.82, 2.24) is 10.2 Å². The first-order valence-electron chi connectivity index (χ1n) is 6.95. The van der Waals surface area contributed by atoms with Gasteiger partial charge in [-0.05, 0) is 18.8 Å². The molecule has 0 bridgehead atoms. The largest absolute Gasteiger partial charge is 0.379 e. The molecule has 1 saturated carbocycles. The summed E-state index contributed by atoms with van der Waals surface area (Å²) in [6, 6.07) is -0.119. The minimum absolute atomic E-state index is 0.0482. The van der Waals surface area contributed by atoms with Crippen molar-refractivity contribution in [3.63, 3.8) is 0 Å². The molecule has 0 aliphatic heterocycles. The van der Waals surface area contributed by atoms with E-state index in [2.05, 4.69) is 5.32 Å². The lowest BCUT2D eigenvalue weighted by atomic mass is 10.1. The number of nitrogens with one attached hydrogen (secondary N) is 1. The summed E-state index contributed by atoms with van der Waals surface area (Å²) < 4.78 is 26.4. The fourth-order valence-electron chi connectivity index (χ4n) is 2.31. The Morgan fingerprint density at radius 3 is 2.60 bits per heavy atom. The quantitative estimate of drug-likeness (QED) is 0.622. The van der Waals surface area contributed by atoms with E-state index in [0.29, 0.717) is 12.5 Å². The van der Waals surface area contributed by atoms with Crippen molar-refractivity contribution >= 4 is 16.1 Å². The third-order valence-corrected chi connectivity index (χ3v) is 4.12. The van der Waals surface area contributed by atoms with Gasteiger partial charge in [0.2, 0.25) is 10.0 Å². The highest BCUT2D eigenvalue weighted by molar-refractivity contribution is 7.89. The Kier molecular flexibility index (Phi) is 7.25. The fourth-order valence-corrected chi connectivity index (χ4v) is 2.66. The van der Waals surface area contributed by atoms with Gasteiger partial charge < -0.3 is 15.0 Å². The van der Waals surface area contributed by atoms with Gasteiger partial charge >= 0.3 is 6.03 Å². The van der Waals surface area contributed by atoms with Crippen molar-refractivity contribution in [2.75, 3.05) is 39.1 Å². The van der Waals surface area contributed by atoms with E-state index in [9.17, 15) is 13.2 Å². The van der Waals surface area contributed by atoms with Gasteiger partial charge in [0.15, 0.2) is 0 Å². The van der Waals surface area contributed by atoms with Gasteiger partial charge in [-0.1, -0.05) is 12.8 Å². The Balaban J connectivity index is 2.04. The molecule has 1 fully saturated rings. The Hall–Kier alpha value is -0.860. The Morgan fingerprint density at radius 1 is 1.35 bits per heavy atom. The van der Waals surface area contributed by atoms with E-state index in [1.54, 1.807) is 11.9 Å². The zero-order valence-electron chi connectivity index (χ0n) is 12.0. The predicted octanol–water partition coefficient (Wildman–Crippen LogP) is 0.123. The van der Waals surface area contributed by atoms with E-state index >= 15 is 0 Å². The van der Waals surface area contributed by atoms with Gasteiger partial charge in [-0.25, -0.2) is 18.4 Å². The number of hydrogen-bond donors (Lipinski definition) is 2. The van der Waals surface area contributed by atoms with Gasteiger partial charge in [-0.3, -0.25) is 0 Å². The molecule has 7 nitrogen and oxygen atoms in total. The molecule has 0 unspecified atom stereocenters. The summed E-state index contributed by atoms with van der Waals surface area (Å²) in [5, 5.41) is 7.57. The number of carbonyl (C=O) groups excluding carboxylic acids is 1. The number of nitrogens with two attached hydrogens (primary N) is 1. The maximum Gasteiger partial charge on any atom is 0.317 e. The molecule has 2 amide bonds. The number of amides is 2. The third-order valence-electron chi connectivity index (χ3n) is 3.39. The van der Waals surface area contributed by atoms with E-state index < -0.39 is 10.0 Å². The van der Waals surface area contributed by atoms with Crippen LogP contribution in [0.3, 0.4) is 0 Å². The van der Waals surface area contributed by atoms with Crippen LogP contribution in [0.2, 0.25) is 0 Å². The monoisotopic (exact) mass is 307 g/mol. The summed E-state index contributed by atoms with van der Waals surface area (Å²) in [7, 11) is -1.69. The van der Waals surface area contributed by atoms with Crippen molar-refractivity contribution in [3.8, 4) is 0 Å². The van der Waals surface area contributed by atoms with Crippen molar-refractivity contribution in [2.24, 2.45) is 11.1 Å². The summed E-state index contributed by atoms with van der Waals surface area (Å²) in [4.78, 5) is 13.5. The van der Waals surface area contributed by atoms with Crippen LogP contribution in [0, 0.1) is 5.92 Å². The maximum absolute atomic E-state index is 11.8. The molecule has 0 spiro atoms. The van der Waals surface area contributed by atoms with Gasteiger partial charge in [0, 0.05) is 20.1 Å². The van der Waals surface area contributed by atoms with E-state index in [-0.39, 0.29) is 25.0 Å². The number of nitrogens with zero attached hydrogens (tertiary/aromatic N) is 1. The second kappa shape index (κ2) is 8.43. The van der Waals surface area contributed by atoms with Gasteiger partial charge in [0.1, 0.15) is 0 Å². The molecule has 1 aliphatic carbocycles. The highest BCUT2D eigenvalue weighted by Crippen LogP contribution is 2.24. The summed E-state index contributed by atoms with van der Waals surface area (Å²) in [5.74, 6) is 0.416. The van der Waals surface area contributed by atoms with Crippen LogP contribution in [0.4, 0.5) is 4.79 Å². The Bertz CT molecular complexity index is 394. The molecule has 20 heavy (non-hydrogen) atoms. The van der Waals surface area contributed by atoms with Gasteiger partial charge in [0.05, 0.1) is 19.0 Å². The lowest BCUT2D eigenvalue weighted by Gasteiger charge is -2.21. The van der Waals surface area contributed by atoms with Crippen LogP contribution < -0.4 is 10.5 Å². The summed E-state index contributed by atoms with van der Waals surface area (Å²) in [5.41, 5.74) is 0. The topological polar surface area (TPSA) is 102 Å². The zero-order chi connectivity index (χ0) is 15.0. The normalized spacial score (nSPS) is 16.3. The smallest absolute Gasteiger partial charge is 0.317 e. The van der Waals surface area contributed by atoms with Crippen molar-refractivity contribution in [3.05, 3.63) is 0 Å². The first-order chi connectivity index (χ1) is 9.38. The lowest BCUT2D eigenvalue weighted by molar-refractivity contribution is 0.147. The molecule has 1 rings (SSSR count). The molecular formula is C12H25N3O4S. The van der Waals surface area contributed by atoms with Crippen LogP contribution in [-0.2, 0) is 14.8 Å². The van der Waals surface area contributed by atoms with Crippen LogP contribution in [0.25, 0.3) is 0 Å². The lowest BCUT2D eigenvalue weighted by Crippen LogP contribution is -2.40. The Morgan fingerprint density at radius 2 is 2.00 bits per heavy atom. The van der Waals surface area contributed by atoms with E-state index in [1.807, 2.05) is 0 Å². The molecule has 118 valence electrons. The highest BCUT2D eigenvalue weighted by Gasteiger charge is 2.19. The number of urea groups is 1. The van der Waals surface area contributed by atoms with Gasteiger partial charge in [-0.15, -0.1) is 0 Å². The SMILES string of the molecule is CN(CC1CCCC1)C(=O)NCCOCCS(N)(=O)=O. The number of hydrogen-bond acceptors (Lipinski definition) is 4. The average molecular weight is 307 g/mol. The second-order valence-corrected chi connectivity index (χ2v) is 6.98. The molecule has 0 atom stereocenters. The standard InChI is InChI=1S/C12H25N3O4S/c1-15(10-11-4-2-3-5-11)12(16)14-6-7-19-8-9-20(13,17)18/h11H,2-10H2,1H3,(H,14,16)(H2,13,17,18). The van der Waals surface area contributed by atoms with Crippen LogP contribution in [0.5, 0.6) is 0 Å². The summed E-state index contributed by atoms with van der Waals surface area (Å²) in [6.45, 7) is 1.47. The first kappa shape index (κ1) is 17.2. The molecule has 0 aromatic heterocycles. The first-order valence-corrected chi connectivity index (χ1v) is 8.67. The number of ether oxygens (including phenoxy) is 1. The number of rotatable bonds is 8. The second-order valence-electron chi connectivity index (χ2n) is 5.24. The Labute approximate surface area is 120 Å². The molecule has 0 aromatic rings. The summed E-state index contributed by atoms with van der Waals surface area (Å²) >= 11 is 0. The minimum Gasteiger partial charge on any atom is -0.379 e. The predicted molar refractivity (Wildman–Crippen MR) is 76.8 cm³/mol. The molecule has 0 radical (unpaired) electrons. The molecule has 3 N–H and O–H groups in total. The number of primary sulfonamides is 1. The van der Waals surface area contributed by atoms with Crippen molar-refractivity contribution in [1.29, 1.82) is 0 Å². The van der Waals surface area contributed by atoms with E-state index in [1.165, 1.54) is 25.7 Å². The summed E-state index contributed by atoms with van der Waals surface area (Å²) in [6.07, 6.45) is 4.93. The number of carbonyl (C=O) groups is 1. The fraction of sp³-hybridized carbons (Fsp3) is 0.917. The van der Waals surface area contributed by atoms with Crippen LogP contribution in [0.1, 0.15) is 25.7 Å². The molecule has 8 heteroatoms. The van der Waals surface area contributed by atoms with Crippen LogP contribution in [-0.4, -0.2) is 58.5 Å². The zero-order valence-corrected chi connectivity index (χ0v) is 12.8. The van der Waals surface area contributed by atoms with Crippen LogP contribution >= 0.6 is 0 Å². The van der Waals surface area contributed by atoms with Crippen molar-refractivity contribution < 1.29 is 17.9 Å². The average Bonchev–Trinajstić information content (AvgIpc) is 2.84. The van der Waals surface area contributed by atoms with E-state index in [4.69, 9.17) is 9.88 Å².